The van der Waals surface area contributed by atoms with Crippen LogP contribution in [0.4, 0.5) is 5.69 Å². The predicted octanol–water partition coefficient (Wildman–Crippen LogP) is 2.62. The number of amides is 1. The first-order valence-electron chi connectivity index (χ1n) is 7.31. The summed E-state index contributed by atoms with van der Waals surface area (Å²) in [6.45, 7) is -0.256. The van der Waals surface area contributed by atoms with Crippen molar-refractivity contribution in [3.63, 3.8) is 0 Å². The third-order valence-corrected chi connectivity index (χ3v) is 3.77. The Hall–Kier alpha value is -3.14. The fourth-order valence-corrected chi connectivity index (χ4v) is 2.50. The molecule has 0 aromatic heterocycles. The summed E-state index contributed by atoms with van der Waals surface area (Å²) in [7, 11) is 0. The normalized spacial score (nSPS) is 12.2. The highest BCUT2D eigenvalue weighted by Gasteiger charge is 2.22. The van der Waals surface area contributed by atoms with Crippen LogP contribution >= 0.6 is 15.9 Å². The molecule has 0 saturated carbocycles. The number of hydrogen-bond acceptors (Lipinski definition) is 7. The quantitative estimate of drug-likeness (QED) is 0.435. The highest BCUT2D eigenvalue weighted by Crippen LogP contribution is 2.37. The second-order valence-corrected chi connectivity index (χ2v) is 5.98. The molecule has 0 atom stereocenters. The van der Waals surface area contributed by atoms with Gasteiger partial charge in [0.2, 0.25) is 6.79 Å². The Balaban J connectivity index is 1.61. The van der Waals surface area contributed by atoms with Crippen LogP contribution in [0, 0.1) is 10.1 Å². The van der Waals surface area contributed by atoms with E-state index in [9.17, 15) is 14.9 Å². The molecule has 0 bridgehead atoms. The standard InChI is InChI=1S/C16H12BrN3O6/c17-11-2-1-3-12(5-11)24-8-16(21)19-18-7-10-4-14-15(26-9-25-14)6-13(10)20(22)23/h1-7H,8-9H2,(H,19,21)/b18-7+. The zero-order valence-electron chi connectivity index (χ0n) is 13.2. The van der Waals surface area contributed by atoms with Crippen molar-refractivity contribution in [3.8, 4) is 17.2 Å². The number of benzene rings is 2. The highest BCUT2D eigenvalue weighted by molar-refractivity contribution is 9.10. The Labute approximate surface area is 155 Å². The van der Waals surface area contributed by atoms with Gasteiger partial charge in [0.05, 0.1) is 22.8 Å². The van der Waals surface area contributed by atoms with E-state index in [2.05, 4.69) is 26.5 Å². The molecule has 26 heavy (non-hydrogen) atoms. The number of carbonyl (C=O) groups is 1. The van der Waals surface area contributed by atoms with E-state index in [-0.39, 0.29) is 24.7 Å². The highest BCUT2D eigenvalue weighted by atomic mass is 79.9. The minimum Gasteiger partial charge on any atom is -0.484 e. The summed E-state index contributed by atoms with van der Waals surface area (Å²) in [6, 6.07) is 9.70. The maximum atomic E-state index is 11.8. The average Bonchev–Trinajstić information content (AvgIpc) is 3.06. The van der Waals surface area contributed by atoms with Crippen LogP contribution in [-0.2, 0) is 4.79 Å². The smallest absolute Gasteiger partial charge is 0.282 e. The summed E-state index contributed by atoms with van der Waals surface area (Å²) in [5, 5.41) is 14.9. The van der Waals surface area contributed by atoms with Crippen molar-refractivity contribution in [2.24, 2.45) is 5.10 Å². The van der Waals surface area contributed by atoms with Gasteiger partial charge in [-0.1, -0.05) is 22.0 Å². The van der Waals surface area contributed by atoms with Gasteiger partial charge in [0, 0.05) is 4.47 Å². The molecule has 1 N–H and O–H groups in total. The van der Waals surface area contributed by atoms with Crippen LogP contribution in [0.5, 0.6) is 17.2 Å². The molecule has 0 unspecified atom stereocenters. The summed E-state index contributed by atoms with van der Waals surface area (Å²) < 4.78 is 16.4. The number of nitrogens with zero attached hydrogens (tertiary/aromatic N) is 2. The van der Waals surface area contributed by atoms with E-state index >= 15 is 0 Å². The molecule has 1 aliphatic heterocycles. The molecule has 134 valence electrons. The Morgan fingerprint density at radius 1 is 1.35 bits per heavy atom. The first kappa shape index (κ1) is 17.7. The van der Waals surface area contributed by atoms with Gasteiger partial charge < -0.3 is 14.2 Å². The van der Waals surface area contributed by atoms with Crippen molar-refractivity contribution in [3.05, 3.63) is 56.5 Å². The fraction of sp³-hybridized carbons (Fsp3) is 0.125. The van der Waals surface area contributed by atoms with E-state index in [4.69, 9.17) is 14.2 Å². The SMILES string of the molecule is O=C(COc1cccc(Br)c1)N/N=C/c1cc2c(cc1[N+](=O)[O-])OCO2. The molecule has 0 radical (unpaired) electrons. The molecule has 2 aromatic carbocycles. The number of nitrogens with one attached hydrogen (secondary N) is 1. The number of nitro benzene ring substituents is 1. The molecule has 0 aliphatic carbocycles. The van der Waals surface area contributed by atoms with E-state index in [1.54, 1.807) is 18.2 Å². The molecular weight excluding hydrogens is 410 g/mol. The molecule has 10 heteroatoms. The second kappa shape index (κ2) is 7.83. The zero-order valence-corrected chi connectivity index (χ0v) is 14.8. The van der Waals surface area contributed by atoms with Gasteiger partial charge in [-0.25, -0.2) is 5.43 Å². The molecule has 3 rings (SSSR count). The lowest BCUT2D eigenvalue weighted by Crippen LogP contribution is -2.24. The van der Waals surface area contributed by atoms with Crippen LogP contribution in [0.1, 0.15) is 5.56 Å². The Morgan fingerprint density at radius 2 is 2.12 bits per heavy atom. The van der Waals surface area contributed by atoms with Gasteiger partial charge >= 0.3 is 0 Å². The van der Waals surface area contributed by atoms with E-state index in [1.165, 1.54) is 12.1 Å². The third kappa shape index (κ3) is 4.28. The van der Waals surface area contributed by atoms with Gasteiger partial charge in [-0.2, -0.15) is 5.10 Å². The second-order valence-electron chi connectivity index (χ2n) is 5.06. The average molecular weight is 422 g/mol. The molecule has 0 saturated heterocycles. The summed E-state index contributed by atoms with van der Waals surface area (Å²) in [5.41, 5.74) is 2.21. The monoisotopic (exact) mass is 421 g/mol. The van der Waals surface area contributed by atoms with Gasteiger partial charge in [0.25, 0.3) is 11.6 Å². The fourth-order valence-electron chi connectivity index (χ4n) is 2.12. The maximum absolute atomic E-state index is 11.8. The summed E-state index contributed by atoms with van der Waals surface area (Å²) in [4.78, 5) is 22.3. The third-order valence-electron chi connectivity index (χ3n) is 3.28. The van der Waals surface area contributed by atoms with E-state index in [1.807, 2.05) is 6.07 Å². The van der Waals surface area contributed by atoms with Crippen molar-refractivity contribution in [2.45, 2.75) is 0 Å². The minimum absolute atomic E-state index is 0.00322. The summed E-state index contributed by atoms with van der Waals surface area (Å²) in [6.07, 6.45) is 1.16. The number of carbonyl (C=O) groups excluding carboxylic acids is 1. The number of hydrazone groups is 1. The summed E-state index contributed by atoms with van der Waals surface area (Å²) >= 11 is 3.30. The van der Waals surface area contributed by atoms with Crippen LogP contribution in [0.3, 0.4) is 0 Å². The van der Waals surface area contributed by atoms with Crippen LogP contribution in [-0.4, -0.2) is 30.4 Å². The van der Waals surface area contributed by atoms with E-state index in [0.29, 0.717) is 17.2 Å². The number of hydrogen-bond donors (Lipinski definition) is 1. The Bertz CT molecular complexity index is 886. The van der Waals surface area contributed by atoms with Crippen LogP contribution in [0.25, 0.3) is 0 Å². The lowest BCUT2D eigenvalue weighted by Gasteiger charge is -2.05. The molecule has 1 amide bonds. The van der Waals surface area contributed by atoms with E-state index in [0.717, 1.165) is 10.7 Å². The van der Waals surface area contributed by atoms with Crippen molar-refractivity contribution in [1.82, 2.24) is 5.43 Å². The van der Waals surface area contributed by atoms with Crippen LogP contribution in [0.2, 0.25) is 0 Å². The van der Waals surface area contributed by atoms with Gasteiger partial charge in [-0.3, -0.25) is 14.9 Å². The zero-order chi connectivity index (χ0) is 18.5. The number of ether oxygens (including phenoxy) is 3. The lowest BCUT2D eigenvalue weighted by atomic mass is 10.1. The molecule has 2 aromatic rings. The topological polar surface area (TPSA) is 112 Å². The number of halogens is 1. The van der Waals surface area contributed by atoms with Crippen molar-refractivity contribution in [2.75, 3.05) is 13.4 Å². The van der Waals surface area contributed by atoms with Crippen molar-refractivity contribution < 1.29 is 23.9 Å². The molecule has 0 spiro atoms. The molecule has 1 aliphatic rings. The molecule has 1 heterocycles. The van der Waals surface area contributed by atoms with E-state index < -0.39 is 10.8 Å². The van der Waals surface area contributed by atoms with Crippen molar-refractivity contribution in [1.29, 1.82) is 0 Å². The number of fused-ring (bicyclic) bond motifs is 1. The predicted molar refractivity (Wildman–Crippen MR) is 94.6 cm³/mol. The van der Waals surface area contributed by atoms with Crippen molar-refractivity contribution >= 4 is 33.7 Å². The van der Waals surface area contributed by atoms with Gasteiger partial charge in [0.15, 0.2) is 18.1 Å². The molecule has 9 nitrogen and oxygen atoms in total. The summed E-state index contributed by atoms with van der Waals surface area (Å²) in [5.74, 6) is 0.677. The van der Waals surface area contributed by atoms with Gasteiger partial charge in [-0.05, 0) is 24.3 Å². The Kier molecular flexibility index (Phi) is 5.32. The first-order chi connectivity index (χ1) is 12.5. The van der Waals surface area contributed by atoms with Gasteiger partial charge in [0.1, 0.15) is 5.75 Å². The van der Waals surface area contributed by atoms with Crippen LogP contribution in [0.15, 0.2) is 46.0 Å². The number of nitro groups is 1. The lowest BCUT2D eigenvalue weighted by molar-refractivity contribution is -0.385. The van der Waals surface area contributed by atoms with Crippen LogP contribution < -0.4 is 19.6 Å². The number of rotatable bonds is 6. The first-order valence-corrected chi connectivity index (χ1v) is 8.10. The Morgan fingerprint density at radius 3 is 2.85 bits per heavy atom. The molecular formula is C16H12BrN3O6. The molecule has 0 fully saturated rings. The largest absolute Gasteiger partial charge is 0.484 e. The van der Waals surface area contributed by atoms with Gasteiger partial charge in [-0.15, -0.1) is 0 Å². The maximum Gasteiger partial charge on any atom is 0.282 e. The minimum atomic E-state index is -0.568.